The number of benzene rings is 1. The number of nitro benzene ring substituents is 1. The normalized spacial score (nSPS) is 13.3. The van der Waals surface area contributed by atoms with Gasteiger partial charge < -0.3 is 5.11 Å². The molecule has 0 amide bonds. The number of nitrogens with zero attached hydrogens (tertiary/aromatic N) is 1. The Labute approximate surface area is 111 Å². The van der Waals surface area contributed by atoms with Crippen LogP contribution in [0.25, 0.3) is 0 Å². The minimum absolute atomic E-state index is 0.150. The van der Waals surface area contributed by atoms with Crippen molar-refractivity contribution in [2.24, 2.45) is 0 Å². The van der Waals surface area contributed by atoms with E-state index in [4.69, 9.17) is 5.11 Å². The van der Waals surface area contributed by atoms with Gasteiger partial charge in [0.15, 0.2) is 0 Å². The van der Waals surface area contributed by atoms with Crippen molar-refractivity contribution in [3.05, 3.63) is 33.4 Å². The summed E-state index contributed by atoms with van der Waals surface area (Å²) in [5.41, 5.74) is 0.712. The highest BCUT2D eigenvalue weighted by Gasteiger charge is 2.21. The SMILES string of the molecule is Cc1cc(S(=O)(=O)NC[C@@H](C)O)cc([N+](=O)[O-])c1C. The van der Waals surface area contributed by atoms with Crippen LogP contribution in [0.1, 0.15) is 18.1 Å². The molecule has 0 saturated heterocycles. The average molecular weight is 288 g/mol. The Kier molecular flexibility index (Phi) is 4.61. The topological polar surface area (TPSA) is 110 Å². The van der Waals surface area contributed by atoms with Gasteiger partial charge in [-0.05, 0) is 32.4 Å². The van der Waals surface area contributed by atoms with Crippen molar-refractivity contribution in [2.75, 3.05) is 6.54 Å². The minimum Gasteiger partial charge on any atom is -0.392 e. The van der Waals surface area contributed by atoms with Crippen molar-refractivity contribution in [1.82, 2.24) is 4.72 Å². The summed E-state index contributed by atoms with van der Waals surface area (Å²) in [7, 11) is -3.87. The fraction of sp³-hybridized carbons (Fsp3) is 0.455. The molecule has 19 heavy (non-hydrogen) atoms. The molecule has 0 aliphatic rings. The molecule has 1 atom stereocenters. The van der Waals surface area contributed by atoms with Crippen LogP contribution < -0.4 is 4.72 Å². The van der Waals surface area contributed by atoms with Gasteiger partial charge in [-0.15, -0.1) is 0 Å². The summed E-state index contributed by atoms with van der Waals surface area (Å²) in [5, 5.41) is 19.9. The minimum atomic E-state index is -3.87. The Morgan fingerprint density at radius 3 is 2.47 bits per heavy atom. The highest BCUT2D eigenvalue weighted by atomic mass is 32.2. The van der Waals surface area contributed by atoms with Gasteiger partial charge in [0.25, 0.3) is 5.69 Å². The van der Waals surface area contributed by atoms with Gasteiger partial charge >= 0.3 is 0 Å². The molecule has 0 spiro atoms. The first-order valence-corrected chi connectivity index (χ1v) is 7.07. The van der Waals surface area contributed by atoms with Crippen molar-refractivity contribution >= 4 is 15.7 Å². The number of rotatable bonds is 5. The van der Waals surface area contributed by atoms with E-state index in [1.165, 1.54) is 13.0 Å². The van der Waals surface area contributed by atoms with E-state index in [9.17, 15) is 18.5 Å². The number of nitro groups is 1. The van der Waals surface area contributed by atoms with Crippen LogP contribution in [-0.2, 0) is 10.0 Å². The number of aliphatic hydroxyl groups excluding tert-OH is 1. The third kappa shape index (κ3) is 3.72. The Hall–Kier alpha value is -1.51. The average Bonchev–Trinajstić information content (AvgIpc) is 2.29. The Morgan fingerprint density at radius 1 is 1.42 bits per heavy atom. The maximum atomic E-state index is 11.9. The molecule has 0 fully saturated rings. The summed E-state index contributed by atoms with van der Waals surface area (Å²) in [6.07, 6.45) is -0.837. The van der Waals surface area contributed by atoms with E-state index in [2.05, 4.69) is 4.72 Å². The van der Waals surface area contributed by atoms with E-state index in [1.54, 1.807) is 13.8 Å². The summed E-state index contributed by atoms with van der Waals surface area (Å²) in [6.45, 7) is 4.46. The second-order valence-electron chi connectivity index (χ2n) is 4.34. The third-order valence-electron chi connectivity index (χ3n) is 2.69. The zero-order valence-electron chi connectivity index (χ0n) is 10.9. The molecule has 0 heterocycles. The molecule has 2 N–H and O–H groups in total. The summed E-state index contributed by atoms with van der Waals surface area (Å²) >= 11 is 0. The summed E-state index contributed by atoms with van der Waals surface area (Å²) in [5.74, 6) is 0. The molecule has 7 nitrogen and oxygen atoms in total. The molecule has 8 heteroatoms. The molecule has 106 valence electrons. The van der Waals surface area contributed by atoms with Crippen LogP contribution in [0.4, 0.5) is 5.69 Å². The highest BCUT2D eigenvalue weighted by molar-refractivity contribution is 7.89. The van der Waals surface area contributed by atoms with Gasteiger partial charge in [0, 0.05) is 18.2 Å². The van der Waals surface area contributed by atoms with E-state index in [0.29, 0.717) is 11.1 Å². The highest BCUT2D eigenvalue weighted by Crippen LogP contribution is 2.25. The van der Waals surface area contributed by atoms with Crippen LogP contribution >= 0.6 is 0 Å². The number of aryl methyl sites for hydroxylation is 1. The second kappa shape index (κ2) is 5.64. The standard InChI is InChI=1S/C11H16N2O5S/c1-7-4-10(5-11(9(7)3)13(15)16)19(17,18)12-6-8(2)14/h4-5,8,12,14H,6H2,1-3H3/t8-/m1/s1. The van der Waals surface area contributed by atoms with E-state index >= 15 is 0 Å². The van der Waals surface area contributed by atoms with Crippen molar-refractivity contribution in [3.8, 4) is 0 Å². The third-order valence-corrected chi connectivity index (χ3v) is 4.09. The summed E-state index contributed by atoms with van der Waals surface area (Å²) in [6, 6.07) is 2.39. The molecule has 0 aliphatic heterocycles. The van der Waals surface area contributed by atoms with Gasteiger partial charge in [0.05, 0.1) is 15.9 Å². The van der Waals surface area contributed by atoms with Gasteiger partial charge in [0.1, 0.15) is 0 Å². The fourth-order valence-electron chi connectivity index (χ4n) is 1.47. The molecule has 0 aliphatic carbocycles. The Bertz CT molecular complexity index is 595. The molecule has 0 aromatic heterocycles. The van der Waals surface area contributed by atoms with E-state index in [0.717, 1.165) is 6.07 Å². The Balaban J connectivity index is 3.25. The van der Waals surface area contributed by atoms with E-state index in [1.807, 2.05) is 0 Å². The molecule has 1 aromatic rings. The summed E-state index contributed by atoms with van der Waals surface area (Å²) < 4.78 is 26.0. The number of aliphatic hydroxyl groups is 1. The molecule has 0 bridgehead atoms. The predicted molar refractivity (Wildman–Crippen MR) is 69.4 cm³/mol. The number of hydrogen-bond acceptors (Lipinski definition) is 5. The van der Waals surface area contributed by atoms with Crippen LogP contribution in [0.3, 0.4) is 0 Å². The lowest BCUT2D eigenvalue weighted by atomic mass is 10.1. The number of nitrogens with one attached hydrogen (secondary N) is 1. The van der Waals surface area contributed by atoms with Crippen molar-refractivity contribution < 1.29 is 18.4 Å². The van der Waals surface area contributed by atoms with Crippen LogP contribution in [-0.4, -0.2) is 31.1 Å². The lowest BCUT2D eigenvalue weighted by molar-refractivity contribution is -0.385. The molecular weight excluding hydrogens is 272 g/mol. The number of sulfonamides is 1. The molecule has 0 radical (unpaired) electrons. The lowest BCUT2D eigenvalue weighted by Crippen LogP contribution is -2.30. The first-order valence-electron chi connectivity index (χ1n) is 5.58. The smallest absolute Gasteiger partial charge is 0.273 e. The van der Waals surface area contributed by atoms with Crippen LogP contribution in [0.15, 0.2) is 17.0 Å². The zero-order valence-corrected chi connectivity index (χ0v) is 11.7. The van der Waals surface area contributed by atoms with E-state index in [-0.39, 0.29) is 17.1 Å². The molecule has 1 rings (SSSR count). The maximum Gasteiger partial charge on any atom is 0.273 e. The molecule has 0 unspecified atom stereocenters. The fourth-order valence-corrected chi connectivity index (χ4v) is 2.69. The predicted octanol–water partition coefficient (Wildman–Crippen LogP) is 0.871. The second-order valence-corrected chi connectivity index (χ2v) is 6.11. The molecule has 1 aromatic carbocycles. The van der Waals surface area contributed by atoms with Crippen molar-refractivity contribution in [3.63, 3.8) is 0 Å². The van der Waals surface area contributed by atoms with Gasteiger partial charge in [-0.3, -0.25) is 10.1 Å². The molecule has 0 saturated carbocycles. The molecular formula is C11H16N2O5S. The van der Waals surface area contributed by atoms with Crippen molar-refractivity contribution in [1.29, 1.82) is 0 Å². The lowest BCUT2D eigenvalue weighted by Gasteiger charge is -2.10. The Morgan fingerprint density at radius 2 is 2.00 bits per heavy atom. The summed E-state index contributed by atoms with van der Waals surface area (Å²) in [4.78, 5) is 10.1. The van der Waals surface area contributed by atoms with Crippen LogP contribution in [0, 0.1) is 24.0 Å². The monoisotopic (exact) mass is 288 g/mol. The van der Waals surface area contributed by atoms with Crippen LogP contribution in [0.5, 0.6) is 0 Å². The first kappa shape index (κ1) is 15.5. The van der Waals surface area contributed by atoms with Crippen LogP contribution in [0.2, 0.25) is 0 Å². The number of hydrogen-bond donors (Lipinski definition) is 2. The van der Waals surface area contributed by atoms with Gasteiger partial charge in [0.2, 0.25) is 10.0 Å². The quantitative estimate of drug-likeness (QED) is 0.617. The first-order chi connectivity index (χ1) is 8.65. The maximum absolute atomic E-state index is 11.9. The van der Waals surface area contributed by atoms with Gasteiger partial charge in [-0.2, -0.15) is 0 Å². The van der Waals surface area contributed by atoms with Crippen molar-refractivity contribution in [2.45, 2.75) is 31.8 Å². The van der Waals surface area contributed by atoms with E-state index < -0.39 is 21.1 Å². The van der Waals surface area contributed by atoms with Gasteiger partial charge in [-0.25, -0.2) is 13.1 Å². The largest absolute Gasteiger partial charge is 0.392 e. The van der Waals surface area contributed by atoms with Gasteiger partial charge in [-0.1, -0.05) is 0 Å². The zero-order chi connectivity index (χ0) is 14.8.